The van der Waals surface area contributed by atoms with Gasteiger partial charge in [0.25, 0.3) is 0 Å². The first-order chi connectivity index (χ1) is 15.3. The van der Waals surface area contributed by atoms with Gasteiger partial charge in [0.15, 0.2) is 11.5 Å². The van der Waals surface area contributed by atoms with E-state index in [9.17, 15) is 5.11 Å². The highest BCUT2D eigenvalue weighted by Gasteiger charge is 2.07. The molecule has 0 saturated heterocycles. The van der Waals surface area contributed by atoms with Gasteiger partial charge in [-0.25, -0.2) is 4.98 Å². The minimum atomic E-state index is -0.143. The van der Waals surface area contributed by atoms with Crippen molar-refractivity contribution in [2.24, 2.45) is 0 Å². The van der Waals surface area contributed by atoms with Crippen LogP contribution in [0.4, 0.5) is 0 Å². The summed E-state index contributed by atoms with van der Waals surface area (Å²) in [6.45, 7) is 2.24. The van der Waals surface area contributed by atoms with Crippen LogP contribution in [0.5, 0.6) is 0 Å². The Balaban J connectivity index is 1.24. The van der Waals surface area contributed by atoms with Gasteiger partial charge in [0.1, 0.15) is 5.52 Å². The molecular weight excluding hydrogens is 382 g/mol. The van der Waals surface area contributed by atoms with Gasteiger partial charge in [-0.1, -0.05) is 81.9 Å². The van der Waals surface area contributed by atoms with Gasteiger partial charge in [-0.2, -0.15) is 0 Å². The minimum Gasteiger partial charge on any atom is -0.441 e. The number of hydrogen-bond donors (Lipinski definition) is 1. The van der Waals surface area contributed by atoms with Crippen molar-refractivity contribution in [1.29, 1.82) is 0 Å². The first-order valence-electron chi connectivity index (χ1n) is 12.4. The van der Waals surface area contributed by atoms with Crippen LogP contribution < -0.4 is 0 Å². The minimum absolute atomic E-state index is 0.143. The monoisotopic (exact) mass is 421 g/mol. The fourth-order valence-electron chi connectivity index (χ4n) is 4.13. The largest absolute Gasteiger partial charge is 0.441 e. The van der Waals surface area contributed by atoms with Crippen LogP contribution in [0.25, 0.3) is 21.9 Å². The molecule has 0 aliphatic rings. The van der Waals surface area contributed by atoms with Crippen molar-refractivity contribution in [3.8, 4) is 0 Å². The predicted molar refractivity (Wildman–Crippen MR) is 131 cm³/mol. The van der Waals surface area contributed by atoms with Crippen molar-refractivity contribution in [2.45, 2.75) is 96.5 Å². The summed E-state index contributed by atoms with van der Waals surface area (Å²) in [5.74, 6) is 0.850. The second kappa shape index (κ2) is 13.3. The van der Waals surface area contributed by atoms with Gasteiger partial charge in [0.05, 0.1) is 6.10 Å². The molecule has 1 heterocycles. The molecule has 0 radical (unpaired) electrons. The van der Waals surface area contributed by atoms with Crippen molar-refractivity contribution >= 4 is 21.9 Å². The molecule has 0 spiro atoms. The van der Waals surface area contributed by atoms with E-state index in [0.717, 1.165) is 55.5 Å². The standard InChI is InChI=1S/C28H39NO2/c1-2-3-4-5-6-8-11-18-25(30)19-12-9-7-10-13-20-28-29-26-21-23-16-14-15-17-24(23)22-27(26)31-28/h6,8,14-17,21-22,25,30H,2-5,7,9-13,18-20H2,1H3/b8-6-/t25-/m0/s1. The van der Waals surface area contributed by atoms with Gasteiger partial charge in [-0.05, 0) is 61.4 Å². The lowest BCUT2D eigenvalue weighted by Gasteiger charge is -2.08. The molecule has 0 aliphatic heterocycles. The van der Waals surface area contributed by atoms with Gasteiger partial charge >= 0.3 is 0 Å². The Hall–Kier alpha value is -2.13. The summed E-state index contributed by atoms with van der Waals surface area (Å²) >= 11 is 0. The Labute approximate surface area is 187 Å². The van der Waals surface area contributed by atoms with E-state index in [-0.39, 0.29) is 6.10 Å². The quantitative estimate of drug-likeness (QED) is 0.199. The molecule has 31 heavy (non-hydrogen) atoms. The molecule has 0 bridgehead atoms. The van der Waals surface area contributed by atoms with E-state index in [2.05, 4.69) is 60.5 Å². The third-order valence-corrected chi connectivity index (χ3v) is 6.04. The van der Waals surface area contributed by atoms with Crippen LogP contribution in [0.3, 0.4) is 0 Å². The van der Waals surface area contributed by atoms with E-state index in [1.165, 1.54) is 55.7 Å². The number of aryl methyl sites for hydroxylation is 1. The van der Waals surface area contributed by atoms with E-state index in [4.69, 9.17) is 4.42 Å². The Morgan fingerprint density at radius 3 is 2.45 bits per heavy atom. The smallest absolute Gasteiger partial charge is 0.195 e. The van der Waals surface area contributed by atoms with E-state index in [1.54, 1.807) is 0 Å². The first-order valence-corrected chi connectivity index (χ1v) is 12.4. The lowest BCUT2D eigenvalue weighted by Crippen LogP contribution is -2.05. The Morgan fingerprint density at radius 2 is 1.61 bits per heavy atom. The number of nitrogens with zero attached hydrogens (tertiary/aromatic N) is 1. The van der Waals surface area contributed by atoms with Crippen LogP contribution >= 0.6 is 0 Å². The first kappa shape index (κ1) is 23.5. The van der Waals surface area contributed by atoms with Crippen LogP contribution in [0.2, 0.25) is 0 Å². The molecular formula is C28H39NO2. The fourth-order valence-corrected chi connectivity index (χ4v) is 4.13. The molecule has 3 rings (SSSR count). The maximum absolute atomic E-state index is 10.1. The summed E-state index contributed by atoms with van der Waals surface area (Å²) in [5, 5.41) is 12.5. The fraction of sp³-hybridized carbons (Fsp3) is 0.536. The molecule has 3 nitrogen and oxygen atoms in total. The van der Waals surface area contributed by atoms with Crippen molar-refractivity contribution < 1.29 is 9.52 Å². The molecule has 0 fully saturated rings. The highest BCUT2D eigenvalue weighted by atomic mass is 16.3. The zero-order valence-electron chi connectivity index (χ0n) is 19.2. The maximum atomic E-state index is 10.1. The number of rotatable bonds is 15. The molecule has 168 valence electrons. The normalized spacial score (nSPS) is 13.0. The number of aliphatic hydroxyl groups is 1. The lowest BCUT2D eigenvalue weighted by molar-refractivity contribution is 0.152. The second-order valence-electron chi connectivity index (χ2n) is 8.78. The Kier molecular flexibility index (Phi) is 10.1. The molecule has 0 saturated carbocycles. The predicted octanol–water partition coefficient (Wildman–Crippen LogP) is 8.14. The van der Waals surface area contributed by atoms with Crippen LogP contribution in [0.15, 0.2) is 53.0 Å². The maximum Gasteiger partial charge on any atom is 0.195 e. The molecule has 0 amide bonds. The van der Waals surface area contributed by atoms with Gasteiger partial charge in [-0.3, -0.25) is 0 Å². The van der Waals surface area contributed by atoms with Crippen LogP contribution in [-0.4, -0.2) is 16.2 Å². The van der Waals surface area contributed by atoms with Gasteiger partial charge < -0.3 is 9.52 Å². The van der Waals surface area contributed by atoms with Crippen LogP contribution in [0, 0.1) is 0 Å². The number of oxazole rings is 1. The number of aromatic nitrogens is 1. The summed E-state index contributed by atoms with van der Waals surface area (Å²) < 4.78 is 5.96. The number of allylic oxidation sites excluding steroid dienone is 2. The van der Waals surface area contributed by atoms with Gasteiger partial charge in [-0.15, -0.1) is 0 Å². The molecule has 0 aliphatic carbocycles. The van der Waals surface area contributed by atoms with E-state index in [1.807, 2.05) is 0 Å². The molecule has 0 unspecified atom stereocenters. The van der Waals surface area contributed by atoms with Crippen LogP contribution in [0.1, 0.15) is 89.9 Å². The number of fused-ring (bicyclic) bond motifs is 2. The van der Waals surface area contributed by atoms with Crippen molar-refractivity contribution in [1.82, 2.24) is 4.98 Å². The average Bonchev–Trinajstić information content (AvgIpc) is 3.17. The third-order valence-electron chi connectivity index (χ3n) is 6.04. The van der Waals surface area contributed by atoms with Crippen LogP contribution in [-0.2, 0) is 6.42 Å². The van der Waals surface area contributed by atoms with Gasteiger partial charge in [0.2, 0.25) is 0 Å². The third kappa shape index (κ3) is 8.14. The average molecular weight is 422 g/mol. The van der Waals surface area contributed by atoms with Crippen molar-refractivity contribution in [3.05, 3.63) is 54.4 Å². The number of hydrogen-bond acceptors (Lipinski definition) is 3. The number of unbranched alkanes of at least 4 members (excludes halogenated alkanes) is 7. The topological polar surface area (TPSA) is 46.3 Å². The van der Waals surface area contributed by atoms with Crippen molar-refractivity contribution in [3.63, 3.8) is 0 Å². The van der Waals surface area contributed by atoms with E-state index < -0.39 is 0 Å². The molecule has 3 aromatic rings. The number of benzene rings is 2. The lowest BCUT2D eigenvalue weighted by atomic mass is 10.0. The highest BCUT2D eigenvalue weighted by Crippen LogP contribution is 2.24. The summed E-state index contributed by atoms with van der Waals surface area (Å²) in [6, 6.07) is 12.5. The molecule has 3 heteroatoms. The summed E-state index contributed by atoms with van der Waals surface area (Å²) in [4.78, 5) is 4.67. The number of aliphatic hydroxyl groups excluding tert-OH is 1. The zero-order chi connectivity index (χ0) is 21.7. The van der Waals surface area contributed by atoms with Gasteiger partial charge in [0, 0.05) is 6.42 Å². The second-order valence-corrected chi connectivity index (χ2v) is 8.78. The summed E-state index contributed by atoms with van der Waals surface area (Å²) in [6.07, 6.45) is 19.0. The van der Waals surface area contributed by atoms with Crippen molar-refractivity contribution in [2.75, 3.05) is 0 Å². The molecule has 2 aromatic carbocycles. The Morgan fingerprint density at radius 1 is 0.871 bits per heavy atom. The summed E-state index contributed by atoms with van der Waals surface area (Å²) in [5.41, 5.74) is 1.84. The SMILES string of the molecule is CCCCC/C=C\CC[C@H](O)CCCCCCCc1nc2cc3ccccc3cc2o1. The zero-order valence-corrected chi connectivity index (χ0v) is 19.2. The highest BCUT2D eigenvalue weighted by molar-refractivity contribution is 5.94. The molecule has 1 N–H and O–H groups in total. The van der Waals surface area contributed by atoms with E-state index in [0.29, 0.717) is 0 Å². The Bertz CT molecular complexity index is 875. The molecule has 1 atom stereocenters. The summed E-state index contributed by atoms with van der Waals surface area (Å²) in [7, 11) is 0. The van der Waals surface area contributed by atoms with E-state index >= 15 is 0 Å². The molecule has 1 aromatic heterocycles.